The fourth-order valence-electron chi connectivity index (χ4n) is 3.31. The van der Waals surface area contributed by atoms with E-state index in [1.165, 1.54) is 22.0 Å². The number of pyridine rings is 1. The van der Waals surface area contributed by atoms with Crippen LogP contribution in [0.1, 0.15) is 26.7 Å². The lowest BCUT2D eigenvalue weighted by atomic mass is 10.1. The first-order valence-corrected chi connectivity index (χ1v) is 12.1. The third kappa shape index (κ3) is 4.65. The molecular weight excluding hydrogens is 430 g/mol. The second kappa shape index (κ2) is 8.95. The fraction of sp³-hybridized carbons (Fsp3) is 0.174. The van der Waals surface area contributed by atoms with Crippen LogP contribution < -0.4 is 5.56 Å². The van der Waals surface area contributed by atoms with Gasteiger partial charge in [-0.25, -0.2) is 4.98 Å². The zero-order chi connectivity index (χ0) is 22.0. The minimum atomic E-state index is -1.27. The fourth-order valence-corrected chi connectivity index (χ4v) is 4.90. The highest BCUT2D eigenvalue weighted by Crippen LogP contribution is 2.23. The number of nitrogens with zero attached hydrogens (tertiary/aromatic N) is 3. The van der Waals surface area contributed by atoms with Gasteiger partial charge >= 0.3 is 0 Å². The summed E-state index contributed by atoms with van der Waals surface area (Å²) in [4.78, 5) is 31.4. The van der Waals surface area contributed by atoms with Gasteiger partial charge in [-0.3, -0.25) is 18.4 Å². The zero-order valence-electron chi connectivity index (χ0n) is 17.1. The molecule has 1 unspecified atom stereocenters. The molecule has 31 heavy (non-hydrogen) atoms. The third-order valence-corrected chi connectivity index (χ3v) is 6.88. The van der Waals surface area contributed by atoms with Crippen LogP contribution in [0.2, 0.25) is 0 Å². The van der Waals surface area contributed by atoms with E-state index in [1.54, 1.807) is 37.0 Å². The third-order valence-electron chi connectivity index (χ3n) is 4.89. The number of carbonyl (C=O) groups excluding carboxylic acids is 1. The van der Waals surface area contributed by atoms with Crippen LogP contribution in [0.15, 0.2) is 76.9 Å². The van der Waals surface area contributed by atoms with E-state index in [-0.39, 0.29) is 11.3 Å². The number of benzene rings is 1. The molecule has 0 radical (unpaired) electrons. The average Bonchev–Trinajstić information content (AvgIpc) is 3.41. The van der Waals surface area contributed by atoms with Crippen molar-refractivity contribution in [3.05, 3.63) is 93.1 Å². The number of aromatic nitrogens is 3. The first kappa shape index (κ1) is 21.1. The summed E-state index contributed by atoms with van der Waals surface area (Å²) in [6.45, 7) is 1.98. The van der Waals surface area contributed by atoms with Gasteiger partial charge in [0.05, 0.1) is 38.3 Å². The minimum Gasteiger partial charge on any atom is -0.305 e. The number of aryl methyl sites for hydroxylation is 2. The van der Waals surface area contributed by atoms with E-state index >= 15 is 0 Å². The van der Waals surface area contributed by atoms with Crippen LogP contribution in [-0.4, -0.2) is 30.4 Å². The SMILES string of the molecule is Cc1ccc(C(=O)CCc2cn(-c3ccc(-n4ccccc4=O)cc3S(C)=O)cn2)s1. The monoisotopic (exact) mass is 451 g/mol. The van der Waals surface area contributed by atoms with Crippen molar-refractivity contribution in [1.82, 2.24) is 14.1 Å². The molecule has 6 nitrogen and oxygen atoms in total. The van der Waals surface area contributed by atoms with E-state index in [1.807, 2.05) is 42.0 Å². The van der Waals surface area contributed by atoms with E-state index in [2.05, 4.69) is 4.98 Å². The van der Waals surface area contributed by atoms with Crippen molar-refractivity contribution in [2.45, 2.75) is 24.7 Å². The predicted octanol–water partition coefficient (Wildman–Crippen LogP) is 3.95. The Hall–Kier alpha value is -3.10. The second-order valence-corrected chi connectivity index (χ2v) is 9.76. The Morgan fingerprint density at radius 2 is 2.00 bits per heavy atom. The Morgan fingerprint density at radius 3 is 2.71 bits per heavy atom. The van der Waals surface area contributed by atoms with Gasteiger partial charge in [-0.1, -0.05) is 6.07 Å². The molecule has 0 aliphatic carbocycles. The maximum Gasteiger partial charge on any atom is 0.255 e. The van der Waals surface area contributed by atoms with Crippen LogP contribution in [-0.2, 0) is 17.2 Å². The smallest absolute Gasteiger partial charge is 0.255 e. The molecule has 8 heteroatoms. The van der Waals surface area contributed by atoms with Gasteiger partial charge in [-0.2, -0.15) is 0 Å². The number of thiophene rings is 1. The van der Waals surface area contributed by atoms with Gasteiger partial charge in [-0.15, -0.1) is 11.3 Å². The van der Waals surface area contributed by atoms with Crippen molar-refractivity contribution in [2.75, 3.05) is 6.26 Å². The number of carbonyl (C=O) groups is 1. The van der Waals surface area contributed by atoms with Crippen LogP contribution in [0.25, 0.3) is 11.4 Å². The van der Waals surface area contributed by atoms with Crippen molar-refractivity contribution in [1.29, 1.82) is 0 Å². The molecule has 1 aromatic carbocycles. The number of imidazole rings is 1. The van der Waals surface area contributed by atoms with Crippen molar-refractivity contribution >= 4 is 27.9 Å². The molecule has 0 N–H and O–H groups in total. The largest absolute Gasteiger partial charge is 0.305 e. The maximum absolute atomic E-state index is 12.4. The van der Waals surface area contributed by atoms with Gasteiger partial charge in [0.15, 0.2) is 5.78 Å². The average molecular weight is 452 g/mol. The lowest BCUT2D eigenvalue weighted by Crippen LogP contribution is -2.16. The molecular formula is C23H21N3O3S2. The topological polar surface area (TPSA) is 74.0 Å². The van der Waals surface area contributed by atoms with Crippen LogP contribution in [0.5, 0.6) is 0 Å². The summed E-state index contributed by atoms with van der Waals surface area (Å²) in [6.07, 6.45) is 7.73. The molecule has 3 heterocycles. The Kier molecular flexibility index (Phi) is 6.11. The van der Waals surface area contributed by atoms with Crippen molar-refractivity contribution in [2.24, 2.45) is 0 Å². The Bertz CT molecular complexity index is 1330. The maximum atomic E-state index is 12.4. The van der Waals surface area contributed by atoms with Crippen LogP contribution in [0, 0.1) is 6.92 Å². The summed E-state index contributed by atoms with van der Waals surface area (Å²) in [5.41, 5.74) is 2.01. The Morgan fingerprint density at radius 1 is 1.16 bits per heavy atom. The molecule has 0 aliphatic heterocycles. The molecule has 158 valence electrons. The number of ketones is 1. The summed E-state index contributed by atoms with van der Waals surface area (Å²) >= 11 is 1.51. The molecule has 0 fully saturated rings. The van der Waals surface area contributed by atoms with E-state index < -0.39 is 10.8 Å². The van der Waals surface area contributed by atoms with Crippen LogP contribution in [0.3, 0.4) is 0 Å². The number of rotatable bonds is 7. The summed E-state index contributed by atoms with van der Waals surface area (Å²) in [5.74, 6) is 0.112. The van der Waals surface area contributed by atoms with Gasteiger partial charge in [0.1, 0.15) is 0 Å². The summed E-state index contributed by atoms with van der Waals surface area (Å²) < 4.78 is 15.8. The normalized spacial score (nSPS) is 12.1. The van der Waals surface area contributed by atoms with Gasteiger partial charge in [0.25, 0.3) is 5.56 Å². The van der Waals surface area contributed by atoms with Gasteiger partial charge in [0.2, 0.25) is 0 Å². The van der Waals surface area contributed by atoms with Crippen molar-refractivity contribution in [3.63, 3.8) is 0 Å². The molecule has 0 amide bonds. The molecule has 0 saturated carbocycles. The van der Waals surface area contributed by atoms with Gasteiger partial charge in [-0.05, 0) is 49.7 Å². The number of hydrogen-bond acceptors (Lipinski definition) is 5. The summed E-state index contributed by atoms with van der Waals surface area (Å²) in [6, 6.07) is 14.2. The van der Waals surface area contributed by atoms with E-state index in [0.717, 1.165) is 21.1 Å². The quantitative estimate of drug-likeness (QED) is 0.399. The molecule has 0 saturated heterocycles. The predicted molar refractivity (Wildman–Crippen MR) is 123 cm³/mol. The molecule has 0 spiro atoms. The molecule has 0 aliphatic rings. The molecule has 4 aromatic rings. The molecule has 1 atom stereocenters. The van der Waals surface area contributed by atoms with Crippen LogP contribution in [0.4, 0.5) is 0 Å². The van der Waals surface area contributed by atoms with Crippen LogP contribution >= 0.6 is 11.3 Å². The van der Waals surface area contributed by atoms with E-state index in [0.29, 0.717) is 23.4 Å². The van der Waals surface area contributed by atoms with E-state index in [9.17, 15) is 13.8 Å². The number of hydrogen-bond donors (Lipinski definition) is 0. The zero-order valence-corrected chi connectivity index (χ0v) is 18.8. The Labute approximate surface area is 186 Å². The summed E-state index contributed by atoms with van der Waals surface area (Å²) in [7, 11) is -1.27. The molecule has 4 rings (SSSR count). The Balaban J connectivity index is 1.58. The summed E-state index contributed by atoms with van der Waals surface area (Å²) in [5, 5.41) is 0. The van der Waals surface area contributed by atoms with Gasteiger partial charge < -0.3 is 4.57 Å². The number of Topliss-reactive ketones (excluding diaryl/α,β-unsaturated/α-hetero) is 1. The highest BCUT2D eigenvalue weighted by molar-refractivity contribution is 7.84. The lowest BCUT2D eigenvalue weighted by Gasteiger charge is -2.12. The highest BCUT2D eigenvalue weighted by atomic mass is 32.2. The second-order valence-electron chi connectivity index (χ2n) is 7.12. The lowest BCUT2D eigenvalue weighted by molar-refractivity contribution is 0.0986. The molecule has 3 aromatic heterocycles. The van der Waals surface area contributed by atoms with Gasteiger partial charge in [0, 0.05) is 41.7 Å². The highest BCUT2D eigenvalue weighted by Gasteiger charge is 2.13. The van der Waals surface area contributed by atoms with Crippen molar-refractivity contribution in [3.8, 4) is 11.4 Å². The standard InChI is InChI=1S/C23H21N3O3S2/c1-16-6-11-21(30-16)20(27)10-7-17-14-25(15-24-17)19-9-8-18(13-22(19)31(2)29)26-12-4-3-5-23(26)28/h3-6,8-9,11-15H,7,10H2,1-2H3. The minimum absolute atomic E-state index is 0.112. The first-order valence-electron chi connectivity index (χ1n) is 9.71. The van der Waals surface area contributed by atoms with E-state index in [4.69, 9.17) is 0 Å². The molecule has 0 bridgehead atoms. The van der Waals surface area contributed by atoms with Crippen molar-refractivity contribution < 1.29 is 9.00 Å². The first-order chi connectivity index (χ1) is 14.9.